The summed E-state index contributed by atoms with van der Waals surface area (Å²) in [6.07, 6.45) is 1.50. The van der Waals surface area contributed by atoms with Crippen LogP contribution in [0.25, 0.3) is 11.4 Å². The highest BCUT2D eigenvalue weighted by Gasteiger charge is 2.14. The second-order valence-corrected chi connectivity index (χ2v) is 8.27. The third-order valence-corrected chi connectivity index (χ3v) is 5.91. The summed E-state index contributed by atoms with van der Waals surface area (Å²) in [5.74, 6) is 2.07. The molecular weight excluding hydrogens is 498 g/mol. The van der Waals surface area contributed by atoms with Crippen molar-refractivity contribution in [1.29, 1.82) is 0 Å². The summed E-state index contributed by atoms with van der Waals surface area (Å²) in [7, 11) is 6.46. The van der Waals surface area contributed by atoms with Crippen LogP contribution in [0.15, 0.2) is 51.1 Å². The number of ether oxygens (including phenoxy) is 3. The Morgan fingerprint density at radius 3 is 2.38 bits per heavy atom. The lowest BCUT2D eigenvalue weighted by Crippen LogP contribution is -2.19. The molecule has 3 rings (SSSR count). The Morgan fingerprint density at radius 1 is 1.12 bits per heavy atom. The van der Waals surface area contributed by atoms with Gasteiger partial charge in [0.1, 0.15) is 0 Å². The fraction of sp³-hybridized carbons (Fsp3) is 0.238. The molecule has 0 saturated carbocycles. The second-order valence-electron chi connectivity index (χ2n) is 6.41. The van der Waals surface area contributed by atoms with E-state index in [1.807, 2.05) is 35.9 Å². The van der Waals surface area contributed by atoms with E-state index in [1.54, 1.807) is 12.1 Å². The molecule has 2 aromatic carbocycles. The highest BCUT2D eigenvalue weighted by atomic mass is 79.9. The van der Waals surface area contributed by atoms with Gasteiger partial charge in [-0.05, 0) is 24.3 Å². The lowest BCUT2D eigenvalue weighted by Gasteiger charge is -2.12. The van der Waals surface area contributed by atoms with Gasteiger partial charge in [0.25, 0.3) is 5.91 Å². The van der Waals surface area contributed by atoms with Crippen molar-refractivity contribution >= 4 is 39.8 Å². The quantitative estimate of drug-likeness (QED) is 0.262. The Bertz CT molecular complexity index is 1090. The molecule has 0 bridgehead atoms. The van der Waals surface area contributed by atoms with E-state index in [1.165, 1.54) is 39.3 Å². The van der Waals surface area contributed by atoms with Crippen molar-refractivity contribution in [3.63, 3.8) is 0 Å². The first-order valence-electron chi connectivity index (χ1n) is 9.36. The van der Waals surface area contributed by atoms with Gasteiger partial charge in [-0.25, -0.2) is 5.43 Å². The number of methoxy groups -OCH3 is 3. The Balaban J connectivity index is 1.59. The van der Waals surface area contributed by atoms with Gasteiger partial charge in [-0.15, -0.1) is 10.2 Å². The zero-order valence-corrected chi connectivity index (χ0v) is 20.4. The van der Waals surface area contributed by atoms with E-state index in [9.17, 15) is 4.79 Å². The van der Waals surface area contributed by atoms with E-state index in [2.05, 4.69) is 36.7 Å². The van der Waals surface area contributed by atoms with Crippen LogP contribution in [0, 0.1) is 0 Å². The van der Waals surface area contributed by atoms with Crippen molar-refractivity contribution in [1.82, 2.24) is 20.2 Å². The van der Waals surface area contributed by atoms with E-state index in [-0.39, 0.29) is 11.7 Å². The molecule has 1 N–H and O–H groups in total. The zero-order chi connectivity index (χ0) is 23.1. The largest absolute Gasteiger partial charge is 0.493 e. The monoisotopic (exact) mass is 519 g/mol. The maximum Gasteiger partial charge on any atom is 0.250 e. The van der Waals surface area contributed by atoms with Gasteiger partial charge >= 0.3 is 0 Å². The molecule has 168 valence electrons. The first-order valence-corrected chi connectivity index (χ1v) is 11.1. The Labute approximate surface area is 198 Å². The Morgan fingerprint density at radius 2 is 1.78 bits per heavy atom. The van der Waals surface area contributed by atoms with Gasteiger partial charge in [0.05, 0.1) is 33.3 Å². The van der Waals surface area contributed by atoms with Crippen LogP contribution >= 0.6 is 27.7 Å². The third kappa shape index (κ3) is 5.60. The first-order chi connectivity index (χ1) is 15.5. The molecular formula is C21H22BrN5O4S. The van der Waals surface area contributed by atoms with Crippen LogP contribution in [0.5, 0.6) is 17.2 Å². The molecule has 0 atom stereocenters. The number of halogens is 1. The number of hydrogen-bond acceptors (Lipinski definition) is 8. The van der Waals surface area contributed by atoms with Crippen molar-refractivity contribution in [2.75, 3.05) is 27.1 Å². The molecule has 1 heterocycles. The first kappa shape index (κ1) is 23.6. The summed E-state index contributed by atoms with van der Waals surface area (Å²) < 4.78 is 18.7. The molecule has 0 aliphatic carbocycles. The molecule has 0 aliphatic rings. The Hall–Kier alpha value is -3.05. The van der Waals surface area contributed by atoms with Crippen LogP contribution in [0.3, 0.4) is 0 Å². The molecule has 0 saturated heterocycles. The maximum atomic E-state index is 12.2. The molecule has 1 amide bonds. The number of amides is 1. The zero-order valence-electron chi connectivity index (χ0n) is 18.0. The minimum absolute atomic E-state index is 0.138. The summed E-state index contributed by atoms with van der Waals surface area (Å²) in [5.41, 5.74) is 4.12. The number of nitrogens with zero attached hydrogens (tertiary/aromatic N) is 4. The average molecular weight is 520 g/mol. The number of carbonyl (C=O) groups excluding carboxylic acids is 1. The average Bonchev–Trinajstić information content (AvgIpc) is 3.17. The molecule has 0 radical (unpaired) electrons. The fourth-order valence-electron chi connectivity index (χ4n) is 2.81. The van der Waals surface area contributed by atoms with Crippen LogP contribution in [-0.4, -0.2) is 54.0 Å². The topological polar surface area (TPSA) is 99.9 Å². The number of rotatable bonds is 9. The van der Waals surface area contributed by atoms with E-state index >= 15 is 0 Å². The van der Waals surface area contributed by atoms with Crippen molar-refractivity contribution in [2.24, 2.45) is 12.1 Å². The molecule has 0 unspecified atom stereocenters. The SMILES string of the molecule is COc1cc(/C=N/NC(=O)CSc2nnc(-c3ccc(Br)cc3)n2C)cc(OC)c1OC. The van der Waals surface area contributed by atoms with Crippen molar-refractivity contribution in [3.8, 4) is 28.6 Å². The number of carbonyl (C=O) groups is 1. The number of hydrogen-bond donors (Lipinski definition) is 1. The summed E-state index contributed by atoms with van der Waals surface area (Å²) >= 11 is 4.69. The molecule has 0 spiro atoms. The Kier molecular flexibility index (Phi) is 8.12. The normalized spacial score (nSPS) is 10.9. The molecule has 32 heavy (non-hydrogen) atoms. The molecule has 9 nitrogen and oxygen atoms in total. The summed E-state index contributed by atoms with van der Waals surface area (Å²) in [6, 6.07) is 11.2. The minimum Gasteiger partial charge on any atom is -0.493 e. The van der Waals surface area contributed by atoms with Gasteiger partial charge in [0, 0.05) is 22.6 Å². The number of nitrogens with one attached hydrogen (secondary N) is 1. The van der Waals surface area contributed by atoms with Crippen LogP contribution in [0.2, 0.25) is 0 Å². The van der Waals surface area contributed by atoms with Crippen molar-refractivity contribution < 1.29 is 19.0 Å². The van der Waals surface area contributed by atoms with E-state index in [4.69, 9.17) is 14.2 Å². The number of thioether (sulfide) groups is 1. The van der Waals surface area contributed by atoms with Gasteiger partial charge in [0.2, 0.25) is 5.75 Å². The molecule has 1 aromatic heterocycles. The van der Waals surface area contributed by atoms with E-state index in [0.29, 0.717) is 28.0 Å². The van der Waals surface area contributed by atoms with E-state index < -0.39 is 0 Å². The van der Waals surface area contributed by atoms with Gasteiger partial charge < -0.3 is 18.8 Å². The standard InChI is InChI=1S/C21H22BrN5O4S/c1-27-20(14-5-7-15(22)8-6-14)25-26-21(27)32-12-18(28)24-23-11-13-9-16(29-2)19(31-4)17(10-13)30-3/h5-11H,12H2,1-4H3,(H,24,28)/b23-11+. The molecule has 3 aromatic rings. The smallest absolute Gasteiger partial charge is 0.250 e. The van der Waals surface area contributed by atoms with Crippen LogP contribution in [-0.2, 0) is 11.8 Å². The summed E-state index contributed by atoms with van der Waals surface area (Å²) in [5, 5.41) is 13.0. The lowest BCUT2D eigenvalue weighted by atomic mass is 10.2. The molecule has 0 aliphatic heterocycles. The fourth-order valence-corrected chi connectivity index (χ4v) is 3.78. The predicted octanol–water partition coefficient (Wildman–Crippen LogP) is 3.51. The number of hydrazone groups is 1. The highest BCUT2D eigenvalue weighted by molar-refractivity contribution is 9.10. The van der Waals surface area contributed by atoms with Gasteiger partial charge in [-0.2, -0.15) is 5.10 Å². The van der Waals surface area contributed by atoms with Gasteiger partial charge in [-0.1, -0.05) is 39.8 Å². The molecule has 11 heteroatoms. The van der Waals surface area contributed by atoms with Gasteiger partial charge in [0.15, 0.2) is 22.5 Å². The summed E-state index contributed by atoms with van der Waals surface area (Å²) in [6.45, 7) is 0. The van der Waals surface area contributed by atoms with Crippen molar-refractivity contribution in [3.05, 3.63) is 46.4 Å². The number of benzene rings is 2. The van der Waals surface area contributed by atoms with E-state index in [0.717, 1.165) is 15.9 Å². The second kappa shape index (κ2) is 11.0. The predicted molar refractivity (Wildman–Crippen MR) is 127 cm³/mol. The maximum absolute atomic E-state index is 12.2. The number of aromatic nitrogens is 3. The lowest BCUT2D eigenvalue weighted by molar-refractivity contribution is -0.118. The minimum atomic E-state index is -0.271. The highest BCUT2D eigenvalue weighted by Crippen LogP contribution is 2.37. The van der Waals surface area contributed by atoms with Crippen molar-refractivity contribution in [2.45, 2.75) is 5.16 Å². The summed E-state index contributed by atoms with van der Waals surface area (Å²) in [4.78, 5) is 12.2. The van der Waals surface area contributed by atoms with Crippen LogP contribution in [0.4, 0.5) is 0 Å². The molecule has 0 fully saturated rings. The van der Waals surface area contributed by atoms with Gasteiger partial charge in [-0.3, -0.25) is 4.79 Å². The third-order valence-electron chi connectivity index (χ3n) is 4.36. The van der Waals surface area contributed by atoms with Crippen LogP contribution < -0.4 is 19.6 Å². The van der Waals surface area contributed by atoms with Crippen LogP contribution in [0.1, 0.15) is 5.56 Å².